The molecule has 51 heavy (non-hydrogen) atoms. The van der Waals surface area contributed by atoms with E-state index in [-0.39, 0.29) is 44.2 Å². The number of β-amino-alcohol motifs (C(OH)–C–C–N with tert-alkyl or cyclic N) is 1. The molecule has 0 unspecified atom stereocenters. The Hall–Kier alpha value is -4.04. The Balaban J connectivity index is 0.962. The van der Waals surface area contributed by atoms with Crippen LogP contribution in [0, 0.1) is 12.3 Å². The Morgan fingerprint density at radius 2 is 1.73 bits per heavy atom. The fourth-order valence-electron chi connectivity index (χ4n) is 6.78. The number of amides is 3. The first-order valence-corrected chi connectivity index (χ1v) is 18.7. The molecule has 0 radical (unpaired) electrons. The van der Waals surface area contributed by atoms with Crippen molar-refractivity contribution in [3.05, 3.63) is 65.3 Å². The third-order valence-electron chi connectivity index (χ3n) is 9.83. The minimum Gasteiger partial charge on any atom is -0.490 e. The summed E-state index contributed by atoms with van der Waals surface area (Å²) in [7, 11) is 0. The molecule has 3 atom stereocenters. The standard InChI is InChI=1S/C38H50N6O6S/c1-24-34(51-23-41-24)26-7-5-25(6-8-26)20-40-36(47)32-17-28(45)21-44(32)37(48)35(38(2,3)4)42-33(46)22-49-30-18-31(19-30)50-29-11-9-27(10-12-29)43-15-13-39-14-16-43/h5-12,23,28,30-32,35,39,45H,13-22H2,1-4H3,(H,40,47)(H,42,46)/t28-,30?,31?,32+,35-/m1/s1. The fraction of sp³-hybridized carbons (Fsp3) is 0.526. The van der Waals surface area contributed by atoms with Crippen LogP contribution in [0.5, 0.6) is 5.75 Å². The first kappa shape index (κ1) is 36.7. The lowest BCUT2D eigenvalue weighted by atomic mass is 9.85. The van der Waals surface area contributed by atoms with Crippen LogP contribution in [0.2, 0.25) is 0 Å². The molecule has 2 saturated heterocycles. The number of nitrogens with one attached hydrogen (secondary N) is 3. The highest BCUT2D eigenvalue weighted by molar-refractivity contribution is 7.13. The highest BCUT2D eigenvalue weighted by Crippen LogP contribution is 2.31. The van der Waals surface area contributed by atoms with Crippen molar-refractivity contribution in [2.24, 2.45) is 5.41 Å². The highest BCUT2D eigenvalue weighted by atomic mass is 32.1. The Bertz CT molecular complexity index is 1650. The lowest BCUT2D eigenvalue weighted by Crippen LogP contribution is -2.58. The maximum absolute atomic E-state index is 13.9. The van der Waals surface area contributed by atoms with Gasteiger partial charge in [-0.2, -0.15) is 0 Å². The molecule has 3 fully saturated rings. The van der Waals surface area contributed by atoms with Crippen molar-refractivity contribution >= 4 is 34.7 Å². The fourth-order valence-corrected chi connectivity index (χ4v) is 7.59. The van der Waals surface area contributed by atoms with Crippen molar-refractivity contribution in [3.63, 3.8) is 0 Å². The van der Waals surface area contributed by atoms with E-state index in [0.717, 1.165) is 53.6 Å². The lowest BCUT2D eigenvalue weighted by Gasteiger charge is -2.36. The summed E-state index contributed by atoms with van der Waals surface area (Å²) in [5.41, 5.74) is 5.31. The Labute approximate surface area is 303 Å². The topological polar surface area (TPSA) is 145 Å². The zero-order valence-electron chi connectivity index (χ0n) is 29.9. The van der Waals surface area contributed by atoms with E-state index in [0.29, 0.717) is 12.8 Å². The molecule has 3 amide bonds. The van der Waals surface area contributed by atoms with Crippen LogP contribution in [-0.4, -0.2) is 102 Å². The number of aromatic nitrogens is 1. The van der Waals surface area contributed by atoms with E-state index >= 15 is 0 Å². The number of benzene rings is 2. The third kappa shape index (κ3) is 9.26. The number of nitrogens with zero attached hydrogens (tertiary/aromatic N) is 3. The normalized spacial score (nSPS) is 22.6. The molecular weight excluding hydrogens is 669 g/mol. The van der Waals surface area contributed by atoms with Gasteiger partial charge in [0.2, 0.25) is 17.7 Å². The van der Waals surface area contributed by atoms with Gasteiger partial charge in [-0.25, -0.2) is 4.98 Å². The predicted molar refractivity (Wildman–Crippen MR) is 197 cm³/mol. The van der Waals surface area contributed by atoms with Crippen molar-refractivity contribution in [1.82, 2.24) is 25.8 Å². The van der Waals surface area contributed by atoms with Crippen LogP contribution in [0.4, 0.5) is 5.69 Å². The summed E-state index contributed by atoms with van der Waals surface area (Å²) >= 11 is 1.58. The van der Waals surface area contributed by atoms with E-state index < -0.39 is 35.4 Å². The van der Waals surface area contributed by atoms with Crippen molar-refractivity contribution < 1.29 is 29.0 Å². The van der Waals surface area contributed by atoms with Gasteiger partial charge in [0.05, 0.1) is 28.3 Å². The number of hydrogen-bond acceptors (Lipinski definition) is 10. The molecule has 3 aliphatic rings. The molecule has 2 aromatic carbocycles. The molecular formula is C38H50N6O6S. The molecule has 6 rings (SSSR count). The smallest absolute Gasteiger partial charge is 0.246 e. The van der Waals surface area contributed by atoms with E-state index in [1.165, 1.54) is 10.6 Å². The van der Waals surface area contributed by atoms with Gasteiger partial charge in [0.1, 0.15) is 30.5 Å². The van der Waals surface area contributed by atoms with Gasteiger partial charge in [-0.05, 0) is 47.7 Å². The minimum absolute atomic E-state index is 0.0146. The van der Waals surface area contributed by atoms with E-state index in [1.54, 1.807) is 11.3 Å². The Morgan fingerprint density at radius 1 is 1.02 bits per heavy atom. The first-order valence-electron chi connectivity index (χ1n) is 17.8. The number of likely N-dealkylation sites (tertiary alicyclic amines) is 1. The van der Waals surface area contributed by atoms with Gasteiger partial charge < -0.3 is 40.3 Å². The van der Waals surface area contributed by atoms with Gasteiger partial charge in [-0.15, -0.1) is 11.3 Å². The van der Waals surface area contributed by atoms with Gasteiger partial charge in [-0.3, -0.25) is 14.4 Å². The molecule has 13 heteroatoms. The van der Waals surface area contributed by atoms with Crippen LogP contribution in [0.25, 0.3) is 10.4 Å². The largest absolute Gasteiger partial charge is 0.490 e. The van der Waals surface area contributed by atoms with Crippen LogP contribution in [0.3, 0.4) is 0 Å². The molecule has 274 valence electrons. The summed E-state index contributed by atoms with van der Waals surface area (Å²) in [5, 5.41) is 19.7. The maximum atomic E-state index is 13.9. The SMILES string of the molecule is Cc1ncsc1-c1ccc(CNC(=O)[C@@H]2C[C@@H](O)CN2C(=O)[C@@H](NC(=O)COC2CC(Oc3ccc(N4CCNCC4)cc3)C2)C(C)(C)C)cc1. The van der Waals surface area contributed by atoms with Crippen LogP contribution < -0.4 is 25.6 Å². The molecule has 0 spiro atoms. The second-order valence-electron chi connectivity index (χ2n) is 14.8. The Morgan fingerprint density at radius 3 is 2.37 bits per heavy atom. The summed E-state index contributed by atoms with van der Waals surface area (Å²) < 4.78 is 12.0. The van der Waals surface area contributed by atoms with E-state index in [1.807, 2.05) is 69.6 Å². The number of carbonyl (C=O) groups excluding carboxylic acids is 3. The molecule has 4 N–H and O–H groups in total. The average molecular weight is 719 g/mol. The summed E-state index contributed by atoms with van der Waals surface area (Å²) in [5.74, 6) is -0.343. The Kier molecular flexibility index (Phi) is 11.6. The zero-order chi connectivity index (χ0) is 36.1. The van der Waals surface area contributed by atoms with E-state index in [4.69, 9.17) is 9.47 Å². The van der Waals surface area contributed by atoms with Crippen LogP contribution in [0.15, 0.2) is 54.0 Å². The number of anilines is 1. The number of aliphatic hydroxyl groups excluding tert-OH is 1. The van der Waals surface area contributed by atoms with Crippen LogP contribution >= 0.6 is 11.3 Å². The molecule has 1 aliphatic carbocycles. The highest BCUT2D eigenvalue weighted by Gasteiger charge is 2.44. The second-order valence-corrected chi connectivity index (χ2v) is 15.7. The van der Waals surface area contributed by atoms with Crippen LogP contribution in [0.1, 0.15) is 51.3 Å². The minimum atomic E-state index is -0.918. The zero-order valence-corrected chi connectivity index (χ0v) is 30.7. The van der Waals surface area contributed by atoms with Crippen molar-refractivity contribution in [3.8, 4) is 16.2 Å². The van der Waals surface area contributed by atoms with Gasteiger partial charge in [0.25, 0.3) is 0 Å². The number of aryl methyl sites for hydroxylation is 1. The number of piperazine rings is 1. The number of hydrogen-bond donors (Lipinski definition) is 4. The van der Waals surface area contributed by atoms with Crippen LogP contribution in [-0.2, 0) is 25.7 Å². The summed E-state index contributed by atoms with van der Waals surface area (Å²) in [6, 6.07) is 14.3. The second kappa shape index (κ2) is 16.1. The molecule has 1 saturated carbocycles. The molecule has 1 aromatic heterocycles. The molecule has 0 bridgehead atoms. The maximum Gasteiger partial charge on any atom is 0.246 e. The lowest BCUT2D eigenvalue weighted by molar-refractivity contribution is -0.146. The molecule has 3 aromatic rings. The molecule has 12 nitrogen and oxygen atoms in total. The number of rotatable bonds is 12. The van der Waals surface area contributed by atoms with E-state index in [2.05, 4.69) is 38.0 Å². The van der Waals surface area contributed by atoms with Gasteiger partial charge in [-0.1, -0.05) is 45.0 Å². The predicted octanol–water partition coefficient (Wildman–Crippen LogP) is 3.26. The number of thiazole rings is 1. The number of carbonyl (C=O) groups is 3. The summed E-state index contributed by atoms with van der Waals surface area (Å²) in [6.45, 7) is 11.6. The van der Waals surface area contributed by atoms with Crippen molar-refractivity contribution in [2.45, 2.75) is 83.9 Å². The number of aliphatic hydroxyl groups is 1. The number of ether oxygens (including phenoxy) is 2. The average Bonchev–Trinajstić information content (AvgIpc) is 3.72. The third-order valence-corrected chi connectivity index (χ3v) is 10.8. The van der Waals surface area contributed by atoms with Gasteiger partial charge >= 0.3 is 0 Å². The van der Waals surface area contributed by atoms with Crippen molar-refractivity contribution in [1.29, 1.82) is 0 Å². The van der Waals surface area contributed by atoms with Crippen molar-refractivity contribution in [2.75, 3.05) is 44.2 Å². The monoisotopic (exact) mass is 718 g/mol. The first-order chi connectivity index (χ1) is 24.4. The molecule has 2 aliphatic heterocycles. The molecule has 3 heterocycles. The summed E-state index contributed by atoms with van der Waals surface area (Å²) in [6.07, 6.45) is 0.536. The quantitative estimate of drug-likeness (QED) is 0.222. The van der Waals surface area contributed by atoms with Gasteiger partial charge in [0.15, 0.2) is 0 Å². The summed E-state index contributed by atoms with van der Waals surface area (Å²) in [4.78, 5) is 49.5. The van der Waals surface area contributed by atoms with E-state index in [9.17, 15) is 19.5 Å². The van der Waals surface area contributed by atoms with Gasteiger partial charge in [0, 0.05) is 64.2 Å².